The van der Waals surface area contributed by atoms with Crippen LogP contribution in [0.3, 0.4) is 0 Å². The average Bonchev–Trinajstić information content (AvgIpc) is 2.54. The Labute approximate surface area is 127 Å². The number of ether oxygens (including phenoxy) is 1. The number of hydrogen-bond acceptors (Lipinski definition) is 5. The van der Waals surface area contributed by atoms with Gasteiger partial charge in [-0.15, -0.1) is 0 Å². The number of sulfonamides is 1. The molecule has 1 aliphatic rings. The minimum atomic E-state index is -3.94. The number of benzene rings is 1. The molecule has 1 saturated heterocycles. The molecule has 22 heavy (non-hydrogen) atoms. The molecule has 0 saturated carbocycles. The highest BCUT2D eigenvalue weighted by Gasteiger charge is 2.38. The lowest BCUT2D eigenvalue weighted by Crippen LogP contribution is -2.52. The number of rotatable bonds is 3. The number of aromatic nitrogens is 1. The number of hydrogen-bond donors (Lipinski definition) is 1. The van der Waals surface area contributed by atoms with Crippen molar-refractivity contribution in [2.24, 2.45) is 0 Å². The largest absolute Gasteiger partial charge is 0.480 e. The van der Waals surface area contributed by atoms with Gasteiger partial charge in [0.1, 0.15) is 6.04 Å². The van der Waals surface area contributed by atoms with Crippen LogP contribution in [0.1, 0.15) is 0 Å². The Morgan fingerprint density at radius 2 is 2.18 bits per heavy atom. The predicted molar refractivity (Wildman–Crippen MR) is 77.9 cm³/mol. The van der Waals surface area contributed by atoms with Gasteiger partial charge in [-0.1, -0.05) is 12.1 Å². The molecule has 1 aliphatic heterocycles. The van der Waals surface area contributed by atoms with E-state index in [4.69, 9.17) is 4.74 Å². The van der Waals surface area contributed by atoms with Gasteiger partial charge in [0, 0.05) is 29.7 Å². The van der Waals surface area contributed by atoms with E-state index < -0.39 is 22.0 Å². The Bertz CT molecular complexity index is 816. The van der Waals surface area contributed by atoms with Crippen LogP contribution in [0, 0.1) is 0 Å². The smallest absolute Gasteiger partial charge is 0.324 e. The zero-order valence-corrected chi connectivity index (χ0v) is 12.4. The number of carboxylic acid groups (broad SMARTS) is 1. The monoisotopic (exact) mass is 322 g/mol. The summed E-state index contributed by atoms with van der Waals surface area (Å²) < 4.78 is 31.9. The van der Waals surface area contributed by atoms with E-state index in [0.29, 0.717) is 10.8 Å². The topological polar surface area (TPSA) is 96.8 Å². The number of pyridine rings is 1. The van der Waals surface area contributed by atoms with Gasteiger partial charge in [-0.3, -0.25) is 9.78 Å². The van der Waals surface area contributed by atoms with E-state index in [9.17, 15) is 18.3 Å². The highest BCUT2D eigenvalue weighted by atomic mass is 32.2. The Hall–Kier alpha value is -2.03. The lowest BCUT2D eigenvalue weighted by Gasteiger charge is -2.32. The summed E-state index contributed by atoms with van der Waals surface area (Å²) in [5.41, 5.74) is 0. The van der Waals surface area contributed by atoms with Gasteiger partial charge in [-0.2, -0.15) is 4.31 Å². The third kappa shape index (κ3) is 2.45. The number of carbonyl (C=O) groups is 1. The van der Waals surface area contributed by atoms with E-state index in [1.54, 1.807) is 24.4 Å². The molecule has 0 spiro atoms. The first-order valence-corrected chi connectivity index (χ1v) is 8.11. The van der Waals surface area contributed by atoms with Gasteiger partial charge in [-0.25, -0.2) is 8.42 Å². The third-order valence-corrected chi connectivity index (χ3v) is 5.56. The molecule has 0 amide bonds. The van der Waals surface area contributed by atoms with Gasteiger partial charge < -0.3 is 9.84 Å². The van der Waals surface area contributed by atoms with Crippen molar-refractivity contribution in [1.29, 1.82) is 0 Å². The van der Waals surface area contributed by atoms with Crippen molar-refractivity contribution < 1.29 is 23.1 Å². The van der Waals surface area contributed by atoms with Crippen LogP contribution in [0.15, 0.2) is 41.6 Å². The quantitative estimate of drug-likeness (QED) is 0.894. The van der Waals surface area contributed by atoms with E-state index >= 15 is 0 Å². The first kappa shape index (κ1) is 14.9. The van der Waals surface area contributed by atoms with E-state index in [0.717, 1.165) is 4.31 Å². The van der Waals surface area contributed by atoms with Gasteiger partial charge in [-0.05, 0) is 12.1 Å². The summed E-state index contributed by atoms with van der Waals surface area (Å²) in [7, 11) is -3.94. The van der Waals surface area contributed by atoms with Crippen molar-refractivity contribution in [3.8, 4) is 0 Å². The van der Waals surface area contributed by atoms with Crippen LogP contribution in [-0.4, -0.2) is 54.6 Å². The number of fused-ring (bicyclic) bond motifs is 1. The normalized spacial score (nSPS) is 20.1. The molecule has 1 fully saturated rings. The van der Waals surface area contributed by atoms with Crippen LogP contribution in [0.5, 0.6) is 0 Å². The molecule has 3 rings (SSSR count). The average molecular weight is 322 g/mol. The molecule has 116 valence electrons. The minimum Gasteiger partial charge on any atom is -0.480 e. The van der Waals surface area contributed by atoms with E-state index in [1.165, 1.54) is 12.3 Å². The summed E-state index contributed by atoms with van der Waals surface area (Å²) >= 11 is 0. The standard InChI is InChI=1S/C14H14N2O5S/c17-14(18)12-9-21-7-6-16(12)22(19,20)13-3-1-2-10-8-15-5-4-11(10)13/h1-5,8,12H,6-7,9H2,(H,17,18). The van der Waals surface area contributed by atoms with Crippen LogP contribution in [0.2, 0.25) is 0 Å². The third-order valence-electron chi connectivity index (χ3n) is 3.59. The second-order valence-corrected chi connectivity index (χ2v) is 6.76. The zero-order chi connectivity index (χ0) is 15.7. The Balaban J connectivity index is 2.13. The summed E-state index contributed by atoms with van der Waals surface area (Å²) in [6.45, 7) is 0.0387. The van der Waals surface area contributed by atoms with Gasteiger partial charge in [0.15, 0.2) is 0 Å². The highest BCUT2D eigenvalue weighted by Crippen LogP contribution is 2.27. The van der Waals surface area contributed by atoms with Crippen molar-refractivity contribution in [3.63, 3.8) is 0 Å². The van der Waals surface area contributed by atoms with Crippen LogP contribution in [0.25, 0.3) is 10.8 Å². The number of nitrogens with zero attached hydrogens (tertiary/aromatic N) is 2. The number of carboxylic acids is 1. The van der Waals surface area contributed by atoms with Gasteiger partial charge in [0.25, 0.3) is 0 Å². The first-order valence-electron chi connectivity index (χ1n) is 6.67. The van der Waals surface area contributed by atoms with Crippen LogP contribution in [0.4, 0.5) is 0 Å². The summed E-state index contributed by atoms with van der Waals surface area (Å²) in [4.78, 5) is 15.4. The SMILES string of the molecule is O=C(O)C1COCCN1S(=O)(=O)c1cccc2cnccc12. The summed E-state index contributed by atoms with van der Waals surface area (Å²) in [6, 6.07) is 5.25. The van der Waals surface area contributed by atoms with Crippen LogP contribution < -0.4 is 0 Å². The molecule has 7 nitrogen and oxygen atoms in total. The molecule has 1 unspecified atom stereocenters. The molecule has 0 radical (unpaired) electrons. The van der Waals surface area contributed by atoms with Crippen molar-refractivity contribution in [1.82, 2.24) is 9.29 Å². The van der Waals surface area contributed by atoms with E-state index in [-0.39, 0.29) is 24.7 Å². The van der Waals surface area contributed by atoms with Gasteiger partial charge in [0.2, 0.25) is 10.0 Å². The second kappa shape index (κ2) is 5.64. The fourth-order valence-corrected chi connectivity index (χ4v) is 4.28. The molecule has 8 heteroatoms. The van der Waals surface area contributed by atoms with Gasteiger partial charge in [0.05, 0.1) is 18.1 Å². The molecule has 1 aromatic carbocycles. The molecule has 2 aromatic rings. The second-order valence-electron chi connectivity index (χ2n) is 4.90. The van der Waals surface area contributed by atoms with Crippen molar-refractivity contribution >= 4 is 26.8 Å². The molecule has 1 aromatic heterocycles. The summed E-state index contributed by atoms with van der Waals surface area (Å²) in [6.07, 6.45) is 3.08. The fraction of sp³-hybridized carbons (Fsp3) is 0.286. The Morgan fingerprint density at radius 1 is 1.36 bits per heavy atom. The molecule has 1 atom stereocenters. The predicted octanol–water partition coefficient (Wildman–Crippen LogP) is 0.709. The van der Waals surface area contributed by atoms with Crippen molar-refractivity contribution in [2.75, 3.05) is 19.8 Å². The maximum Gasteiger partial charge on any atom is 0.324 e. The molecule has 2 heterocycles. The van der Waals surface area contributed by atoms with E-state index in [1.807, 2.05) is 0 Å². The van der Waals surface area contributed by atoms with Crippen molar-refractivity contribution in [3.05, 3.63) is 36.7 Å². The Kier molecular flexibility index (Phi) is 3.81. The van der Waals surface area contributed by atoms with Gasteiger partial charge >= 0.3 is 5.97 Å². The summed E-state index contributed by atoms with van der Waals surface area (Å²) in [5, 5.41) is 10.4. The minimum absolute atomic E-state index is 0.0147. The lowest BCUT2D eigenvalue weighted by atomic mass is 10.2. The zero-order valence-electron chi connectivity index (χ0n) is 11.5. The van der Waals surface area contributed by atoms with Crippen molar-refractivity contribution in [2.45, 2.75) is 10.9 Å². The highest BCUT2D eigenvalue weighted by molar-refractivity contribution is 7.89. The van der Waals surface area contributed by atoms with E-state index in [2.05, 4.69) is 4.98 Å². The maximum atomic E-state index is 12.9. The molecule has 1 N–H and O–H groups in total. The van der Waals surface area contributed by atoms with Crippen LogP contribution >= 0.6 is 0 Å². The number of aliphatic carboxylic acids is 1. The first-order chi connectivity index (χ1) is 10.5. The molecule has 0 bridgehead atoms. The molecular weight excluding hydrogens is 308 g/mol. The number of morpholine rings is 1. The van der Waals surface area contributed by atoms with Crippen LogP contribution in [-0.2, 0) is 19.6 Å². The fourth-order valence-electron chi connectivity index (χ4n) is 2.51. The summed E-state index contributed by atoms with van der Waals surface area (Å²) in [5.74, 6) is -1.22. The maximum absolute atomic E-state index is 12.9. The molecule has 0 aliphatic carbocycles. The lowest BCUT2D eigenvalue weighted by molar-refractivity contribution is -0.146. The molecular formula is C14H14N2O5S. The Morgan fingerprint density at radius 3 is 2.95 bits per heavy atom.